The second kappa shape index (κ2) is 9.53. The highest BCUT2D eigenvalue weighted by atomic mass is 16.1. The van der Waals surface area contributed by atoms with Gasteiger partial charge >= 0.3 is 0 Å². The predicted octanol–water partition coefficient (Wildman–Crippen LogP) is 4.49. The lowest BCUT2D eigenvalue weighted by molar-refractivity contribution is 0.0938. The van der Waals surface area contributed by atoms with E-state index in [1.807, 2.05) is 54.9 Å². The van der Waals surface area contributed by atoms with Crippen LogP contribution in [0.3, 0.4) is 0 Å². The van der Waals surface area contributed by atoms with Crippen LogP contribution in [0.5, 0.6) is 0 Å². The minimum absolute atomic E-state index is 0.0391. The van der Waals surface area contributed by atoms with Gasteiger partial charge in [0.15, 0.2) is 0 Å². The van der Waals surface area contributed by atoms with E-state index in [0.29, 0.717) is 5.56 Å². The van der Waals surface area contributed by atoms with Crippen molar-refractivity contribution in [2.45, 2.75) is 38.6 Å². The summed E-state index contributed by atoms with van der Waals surface area (Å²) in [5.41, 5.74) is 3.93. The molecule has 0 saturated carbocycles. The van der Waals surface area contributed by atoms with E-state index in [1.165, 1.54) is 18.4 Å². The van der Waals surface area contributed by atoms with Crippen molar-refractivity contribution in [2.75, 3.05) is 18.0 Å². The van der Waals surface area contributed by atoms with Crippen molar-refractivity contribution in [3.05, 3.63) is 78.1 Å². The number of carbonyl (C=O) groups excluding carboxylic acids is 1. The molecule has 0 aliphatic carbocycles. The van der Waals surface area contributed by atoms with Crippen LogP contribution < -0.4 is 10.2 Å². The fraction of sp³-hybridized carbons (Fsp3) is 0.320. The first-order chi connectivity index (χ1) is 14.7. The monoisotopic (exact) mass is 400 g/mol. The lowest BCUT2D eigenvalue weighted by Gasteiger charge is -2.15. The lowest BCUT2D eigenvalue weighted by Crippen LogP contribution is -2.32. The number of hydrogen-bond donors (Lipinski definition) is 1. The van der Waals surface area contributed by atoms with Crippen molar-refractivity contribution in [2.24, 2.45) is 0 Å². The number of nitrogens with zero attached hydrogens (tertiary/aromatic N) is 3. The summed E-state index contributed by atoms with van der Waals surface area (Å²) in [7, 11) is 0. The summed E-state index contributed by atoms with van der Waals surface area (Å²) in [4.78, 5) is 23.8. The number of hydrogen-bond acceptors (Lipinski definition) is 4. The van der Waals surface area contributed by atoms with E-state index in [0.717, 1.165) is 43.0 Å². The Hall–Kier alpha value is -3.21. The van der Waals surface area contributed by atoms with E-state index < -0.39 is 0 Å². The maximum atomic E-state index is 12.6. The number of aryl methyl sites for hydroxylation is 1. The number of rotatable bonds is 7. The van der Waals surface area contributed by atoms with Crippen molar-refractivity contribution >= 4 is 11.9 Å². The minimum Gasteiger partial charge on any atom is -0.350 e. The Kier molecular flexibility index (Phi) is 6.38. The summed E-state index contributed by atoms with van der Waals surface area (Å²) in [6.45, 7) is 4.12. The molecule has 1 aromatic heterocycles. The van der Waals surface area contributed by atoms with Gasteiger partial charge in [-0.1, -0.05) is 42.5 Å². The zero-order valence-electron chi connectivity index (χ0n) is 17.4. The Labute approximate surface area is 178 Å². The van der Waals surface area contributed by atoms with Crippen LogP contribution in [0.1, 0.15) is 42.1 Å². The Morgan fingerprint density at radius 2 is 1.63 bits per heavy atom. The molecule has 30 heavy (non-hydrogen) atoms. The molecule has 1 saturated heterocycles. The maximum Gasteiger partial charge on any atom is 0.251 e. The third-order valence-corrected chi connectivity index (χ3v) is 5.59. The third-order valence-electron chi connectivity index (χ3n) is 5.59. The van der Waals surface area contributed by atoms with Crippen LogP contribution >= 0.6 is 0 Å². The molecule has 1 fully saturated rings. The van der Waals surface area contributed by atoms with Crippen LogP contribution in [0.4, 0.5) is 5.95 Å². The Morgan fingerprint density at radius 3 is 2.30 bits per heavy atom. The van der Waals surface area contributed by atoms with Crippen molar-refractivity contribution in [3.63, 3.8) is 0 Å². The summed E-state index contributed by atoms with van der Waals surface area (Å²) in [5.74, 6) is 0.763. The van der Waals surface area contributed by atoms with Crippen molar-refractivity contribution in [1.82, 2.24) is 15.3 Å². The normalized spacial score (nSPS) is 14.5. The lowest BCUT2D eigenvalue weighted by atomic mass is 10.0. The zero-order valence-corrected chi connectivity index (χ0v) is 17.4. The highest BCUT2D eigenvalue weighted by Crippen LogP contribution is 2.21. The first-order valence-corrected chi connectivity index (χ1v) is 10.7. The molecule has 4 rings (SSSR count). The number of aromatic nitrogens is 2. The Morgan fingerprint density at radius 1 is 0.967 bits per heavy atom. The summed E-state index contributed by atoms with van der Waals surface area (Å²) >= 11 is 0. The van der Waals surface area contributed by atoms with E-state index in [2.05, 4.69) is 39.2 Å². The van der Waals surface area contributed by atoms with Crippen LogP contribution in [0, 0.1) is 0 Å². The van der Waals surface area contributed by atoms with Gasteiger partial charge in [0.25, 0.3) is 5.91 Å². The average Bonchev–Trinajstić information content (AvgIpc) is 3.34. The fourth-order valence-corrected chi connectivity index (χ4v) is 3.77. The molecule has 5 nitrogen and oxygen atoms in total. The molecule has 5 heteroatoms. The van der Waals surface area contributed by atoms with Crippen molar-refractivity contribution in [3.8, 4) is 11.1 Å². The quantitative estimate of drug-likeness (QED) is 0.635. The van der Waals surface area contributed by atoms with Crippen LogP contribution in [-0.2, 0) is 6.42 Å². The average molecular weight is 401 g/mol. The predicted molar refractivity (Wildman–Crippen MR) is 121 cm³/mol. The highest BCUT2D eigenvalue weighted by molar-refractivity contribution is 5.94. The molecule has 1 aliphatic rings. The largest absolute Gasteiger partial charge is 0.350 e. The molecule has 1 atom stereocenters. The molecule has 0 radical (unpaired) electrons. The number of anilines is 1. The molecule has 0 bridgehead atoms. The third kappa shape index (κ3) is 5.03. The van der Waals surface area contributed by atoms with E-state index in [-0.39, 0.29) is 11.9 Å². The molecular formula is C25H28N4O. The van der Waals surface area contributed by atoms with E-state index in [4.69, 9.17) is 0 Å². The minimum atomic E-state index is -0.0391. The standard InChI is InChI=1S/C25H28N4O/c1-19(9-10-20-7-3-2-4-8-20)28-24(30)22-13-11-21(12-14-22)23-17-26-25(27-18-23)29-15-5-6-16-29/h2-4,7-8,11-14,17-19H,5-6,9-10,15-16H2,1H3,(H,28,30). The Balaban J connectivity index is 1.32. The molecular weight excluding hydrogens is 372 g/mol. The van der Waals surface area contributed by atoms with Gasteiger partial charge in [-0.15, -0.1) is 0 Å². The number of benzene rings is 2. The van der Waals surface area contributed by atoms with Gasteiger partial charge in [0, 0.05) is 42.7 Å². The van der Waals surface area contributed by atoms with Gasteiger partial charge in [-0.2, -0.15) is 0 Å². The topological polar surface area (TPSA) is 58.1 Å². The van der Waals surface area contributed by atoms with Gasteiger partial charge in [-0.25, -0.2) is 9.97 Å². The molecule has 1 N–H and O–H groups in total. The molecule has 2 heterocycles. The number of amides is 1. The molecule has 1 unspecified atom stereocenters. The smallest absolute Gasteiger partial charge is 0.251 e. The molecule has 1 amide bonds. The molecule has 3 aromatic rings. The summed E-state index contributed by atoms with van der Waals surface area (Å²) in [6.07, 6.45) is 8.00. The van der Waals surface area contributed by atoms with E-state index in [1.54, 1.807) is 0 Å². The van der Waals surface area contributed by atoms with Gasteiger partial charge in [0.1, 0.15) is 0 Å². The van der Waals surface area contributed by atoms with Crippen LogP contribution in [0.25, 0.3) is 11.1 Å². The Bertz CT molecular complexity index is 949. The van der Waals surface area contributed by atoms with Gasteiger partial charge in [-0.3, -0.25) is 4.79 Å². The van der Waals surface area contributed by atoms with Crippen molar-refractivity contribution < 1.29 is 4.79 Å². The highest BCUT2D eigenvalue weighted by Gasteiger charge is 2.15. The summed E-state index contributed by atoms with van der Waals surface area (Å²) < 4.78 is 0. The molecule has 1 aliphatic heterocycles. The van der Waals surface area contributed by atoms with E-state index in [9.17, 15) is 4.79 Å². The fourth-order valence-electron chi connectivity index (χ4n) is 3.77. The zero-order chi connectivity index (χ0) is 20.8. The molecule has 154 valence electrons. The van der Waals surface area contributed by atoms with Gasteiger partial charge in [0.05, 0.1) is 0 Å². The van der Waals surface area contributed by atoms with Crippen LogP contribution in [0.15, 0.2) is 67.0 Å². The van der Waals surface area contributed by atoms with Gasteiger partial charge < -0.3 is 10.2 Å². The number of carbonyl (C=O) groups is 1. The van der Waals surface area contributed by atoms with Crippen molar-refractivity contribution in [1.29, 1.82) is 0 Å². The molecule has 2 aromatic carbocycles. The SMILES string of the molecule is CC(CCc1ccccc1)NC(=O)c1ccc(-c2cnc(N3CCCC3)nc2)cc1. The van der Waals surface area contributed by atoms with Gasteiger partial charge in [0.2, 0.25) is 5.95 Å². The van der Waals surface area contributed by atoms with Crippen LogP contribution in [0.2, 0.25) is 0 Å². The summed E-state index contributed by atoms with van der Waals surface area (Å²) in [6, 6.07) is 18.1. The first-order valence-electron chi connectivity index (χ1n) is 10.7. The van der Waals surface area contributed by atoms with E-state index >= 15 is 0 Å². The summed E-state index contributed by atoms with van der Waals surface area (Å²) in [5, 5.41) is 3.10. The first kappa shape index (κ1) is 20.1. The second-order valence-electron chi connectivity index (χ2n) is 7.94. The van der Waals surface area contributed by atoms with Crippen LogP contribution in [-0.4, -0.2) is 35.0 Å². The number of nitrogens with one attached hydrogen (secondary N) is 1. The maximum absolute atomic E-state index is 12.6. The second-order valence-corrected chi connectivity index (χ2v) is 7.94. The van der Waals surface area contributed by atoms with Gasteiger partial charge in [-0.05, 0) is 55.9 Å². The molecule has 0 spiro atoms.